The number of halogens is 1. The first-order valence-corrected chi connectivity index (χ1v) is 7.43. The molecule has 0 aromatic heterocycles. The van der Waals surface area contributed by atoms with Gasteiger partial charge in [-0.2, -0.15) is 0 Å². The number of amides is 1. The average molecular weight is 328 g/mol. The van der Waals surface area contributed by atoms with Gasteiger partial charge in [0.05, 0.1) is 12.2 Å². The van der Waals surface area contributed by atoms with E-state index in [9.17, 15) is 4.79 Å². The zero-order valence-corrected chi connectivity index (χ0v) is 13.2. The number of hydrogen-bond donors (Lipinski definition) is 2. The lowest BCUT2D eigenvalue weighted by Crippen LogP contribution is -2.33. The van der Waals surface area contributed by atoms with Crippen molar-refractivity contribution < 1.29 is 4.79 Å². The molecule has 0 heterocycles. The van der Waals surface area contributed by atoms with E-state index in [1.165, 1.54) is 0 Å². The van der Waals surface area contributed by atoms with Crippen molar-refractivity contribution >= 4 is 33.2 Å². The third-order valence-electron chi connectivity index (χ3n) is 2.91. The average Bonchev–Trinajstić information content (AvgIpc) is 2.38. The number of benzene rings is 1. The number of carbonyl (C=O) groups is 1. The minimum atomic E-state index is 0.00317. The molecule has 19 heavy (non-hydrogen) atoms. The Bertz CT molecular complexity index is 423. The van der Waals surface area contributed by atoms with Crippen molar-refractivity contribution in [3.8, 4) is 0 Å². The SMILES string of the molecule is CCCCN(CC)CC(=O)Nc1ccc(N)cc1Br. The van der Waals surface area contributed by atoms with Crippen LogP contribution in [0.1, 0.15) is 26.7 Å². The minimum Gasteiger partial charge on any atom is -0.399 e. The van der Waals surface area contributed by atoms with Gasteiger partial charge < -0.3 is 11.1 Å². The highest BCUT2D eigenvalue weighted by Gasteiger charge is 2.10. The van der Waals surface area contributed by atoms with Gasteiger partial charge >= 0.3 is 0 Å². The highest BCUT2D eigenvalue weighted by molar-refractivity contribution is 9.10. The molecular formula is C14H22BrN3O. The zero-order chi connectivity index (χ0) is 14.3. The van der Waals surface area contributed by atoms with Crippen LogP contribution >= 0.6 is 15.9 Å². The Labute approximate surface area is 123 Å². The van der Waals surface area contributed by atoms with Crippen LogP contribution in [0.4, 0.5) is 11.4 Å². The molecule has 0 unspecified atom stereocenters. The van der Waals surface area contributed by atoms with E-state index >= 15 is 0 Å². The van der Waals surface area contributed by atoms with Gasteiger partial charge in [0.1, 0.15) is 0 Å². The molecule has 5 heteroatoms. The molecule has 0 radical (unpaired) electrons. The summed E-state index contributed by atoms with van der Waals surface area (Å²) in [5.74, 6) is 0.00317. The van der Waals surface area contributed by atoms with Gasteiger partial charge in [0.25, 0.3) is 0 Å². The van der Waals surface area contributed by atoms with Crippen LogP contribution in [0, 0.1) is 0 Å². The fraction of sp³-hybridized carbons (Fsp3) is 0.500. The monoisotopic (exact) mass is 327 g/mol. The van der Waals surface area contributed by atoms with Gasteiger partial charge in [-0.15, -0.1) is 0 Å². The Hall–Kier alpha value is -1.07. The fourth-order valence-corrected chi connectivity index (χ4v) is 2.25. The highest BCUT2D eigenvalue weighted by atomic mass is 79.9. The summed E-state index contributed by atoms with van der Waals surface area (Å²) in [4.78, 5) is 14.1. The molecular weight excluding hydrogens is 306 g/mol. The normalized spacial score (nSPS) is 10.7. The van der Waals surface area contributed by atoms with E-state index in [-0.39, 0.29) is 5.91 Å². The van der Waals surface area contributed by atoms with Crippen molar-refractivity contribution in [1.29, 1.82) is 0 Å². The van der Waals surface area contributed by atoms with Crippen LogP contribution < -0.4 is 11.1 Å². The van der Waals surface area contributed by atoms with Crippen molar-refractivity contribution in [2.45, 2.75) is 26.7 Å². The summed E-state index contributed by atoms with van der Waals surface area (Å²) in [6.07, 6.45) is 2.26. The first-order chi connectivity index (χ1) is 9.06. The smallest absolute Gasteiger partial charge is 0.238 e. The molecule has 0 aliphatic heterocycles. The minimum absolute atomic E-state index is 0.00317. The molecule has 0 saturated carbocycles. The molecule has 1 aromatic carbocycles. The maximum Gasteiger partial charge on any atom is 0.238 e. The topological polar surface area (TPSA) is 58.4 Å². The Kier molecular flexibility index (Phi) is 6.87. The number of nitrogens with zero attached hydrogens (tertiary/aromatic N) is 1. The second-order valence-corrected chi connectivity index (χ2v) is 5.36. The third-order valence-corrected chi connectivity index (χ3v) is 3.57. The van der Waals surface area contributed by atoms with E-state index < -0.39 is 0 Å². The first kappa shape index (κ1) is 16.0. The van der Waals surface area contributed by atoms with Gasteiger partial charge in [0.2, 0.25) is 5.91 Å². The molecule has 106 valence electrons. The summed E-state index contributed by atoms with van der Waals surface area (Å²) in [7, 11) is 0. The van der Waals surface area contributed by atoms with Crippen molar-refractivity contribution in [3.05, 3.63) is 22.7 Å². The summed E-state index contributed by atoms with van der Waals surface area (Å²) >= 11 is 3.39. The highest BCUT2D eigenvalue weighted by Crippen LogP contribution is 2.24. The molecule has 0 atom stereocenters. The van der Waals surface area contributed by atoms with E-state index in [1.54, 1.807) is 18.2 Å². The molecule has 4 nitrogen and oxygen atoms in total. The van der Waals surface area contributed by atoms with Crippen LogP contribution in [-0.2, 0) is 4.79 Å². The summed E-state index contributed by atoms with van der Waals surface area (Å²) in [6.45, 7) is 6.49. The van der Waals surface area contributed by atoms with Crippen molar-refractivity contribution in [2.24, 2.45) is 0 Å². The number of anilines is 2. The summed E-state index contributed by atoms with van der Waals surface area (Å²) in [5, 5.41) is 2.90. The lowest BCUT2D eigenvalue weighted by molar-refractivity contribution is -0.117. The Morgan fingerprint density at radius 3 is 2.74 bits per heavy atom. The predicted molar refractivity (Wildman–Crippen MR) is 84.2 cm³/mol. The molecule has 0 spiro atoms. The van der Waals surface area contributed by atoms with Crippen LogP contribution in [0.3, 0.4) is 0 Å². The van der Waals surface area contributed by atoms with Crippen LogP contribution in [0.25, 0.3) is 0 Å². The molecule has 1 aromatic rings. The second-order valence-electron chi connectivity index (χ2n) is 4.51. The number of nitrogens with two attached hydrogens (primary N) is 1. The molecule has 0 fully saturated rings. The summed E-state index contributed by atoms with van der Waals surface area (Å²) in [6, 6.07) is 5.36. The summed E-state index contributed by atoms with van der Waals surface area (Å²) < 4.78 is 0.803. The first-order valence-electron chi connectivity index (χ1n) is 6.64. The van der Waals surface area contributed by atoms with Gasteiger partial charge in [-0.25, -0.2) is 0 Å². The molecule has 1 rings (SSSR count). The van der Waals surface area contributed by atoms with E-state index in [0.717, 1.165) is 36.1 Å². The second kappa shape index (κ2) is 8.17. The third kappa shape index (κ3) is 5.61. The molecule has 3 N–H and O–H groups in total. The van der Waals surface area contributed by atoms with E-state index in [0.29, 0.717) is 12.2 Å². The van der Waals surface area contributed by atoms with Gasteiger partial charge in [0.15, 0.2) is 0 Å². The number of nitrogens with one attached hydrogen (secondary N) is 1. The zero-order valence-electron chi connectivity index (χ0n) is 11.6. The maximum absolute atomic E-state index is 12.0. The van der Waals surface area contributed by atoms with E-state index in [4.69, 9.17) is 5.73 Å². The molecule has 0 saturated heterocycles. The van der Waals surface area contributed by atoms with Gasteiger partial charge in [-0.3, -0.25) is 9.69 Å². The van der Waals surface area contributed by atoms with Crippen molar-refractivity contribution in [1.82, 2.24) is 4.90 Å². The van der Waals surface area contributed by atoms with Gasteiger partial charge in [0, 0.05) is 10.2 Å². The number of carbonyl (C=O) groups excluding carboxylic acids is 1. The van der Waals surface area contributed by atoms with E-state index in [2.05, 4.69) is 40.0 Å². The van der Waals surface area contributed by atoms with Crippen LogP contribution in [0.5, 0.6) is 0 Å². The van der Waals surface area contributed by atoms with E-state index in [1.807, 2.05) is 0 Å². The number of rotatable bonds is 7. The van der Waals surface area contributed by atoms with Crippen LogP contribution in [0.15, 0.2) is 22.7 Å². The largest absolute Gasteiger partial charge is 0.399 e. The maximum atomic E-state index is 12.0. The quantitative estimate of drug-likeness (QED) is 0.756. The van der Waals surface area contributed by atoms with Gasteiger partial charge in [-0.05, 0) is 53.6 Å². The fourth-order valence-electron chi connectivity index (χ4n) is 1.76. The standard InChI is InChI=1S/C14H22BrN3O/c1-3-5-8-18(4-2)10-14(19)17-13-7-6-11(16)9-12(13)15/h6-7,9H,3-5,8,10,16H2,1-2H3,(H,17,19). The lowest BCUT2D eigenvalue weighted by Gasteiger charge is -2.19. The van der Waals surface area contributed by atoms with Crippen molar-refractivity contribution in [2.75, 3.05) is 30.7 Å². The number of unbranched alkanes of at least 4 members (excludes halogenated alkanes) is 1. The number of nitrogen functional groups attached to an aromatic ring is 1. The Morgan fingerprint density at radius 2 is 2.16 bits per heavy atom. The Balaban J connectivity index is 2.54. The lowest BCUT2D eigenvalue weighted by atomic mass is 10.3. The van der Waals surface area contributed by atoms with Crippen LogP contribution in [-0.4, -0.2) is 30.4 Å². The number of hydrogen-bond acceptors (Lipinski definition) is 3. The molecule has 0 aliphatic rings. The number of likely N-dealkylation sites (N-methyl/N-ethyl adjacent to an activating group) is 1. The van der Waals surface area contributed by atoms with Crippen LogP contribution in [0.2, 0.25) is 0 Å². The predicted octanol–water partition coefficient (Wildman–Crippen LogP) is 3.09. The summed E-state index contributed by atoms with van der Waals surface area (Å²) in [5.41, 5.74) is 7.09. The van der Waals surface area contributed by atoms with Crippen molar-refractivity contribution in [3.63, 3.8) is 0 Å². The Morgan fingerprint density at radius 1 is 1.42 bits per heavy atom. The molecule has 1 amide bonds. The molecule has 0 aliphatic carbocycles. The van der Waals surface area contributed by atoms with Gasteiger partial charge in [-0.1, -0.05) is 20.3 Å². The molecule has 0 bridgehead atoms.